The number of hydrogen-bond acceptors (Lipinski definition) is 5. The van der Waals surface area contributed by atoms with Crippen LogP contribution in [0, 0.1) is 0 Å². The highest BCUT2D eigenvalue weighted by Crippen LogP contribution is 2.29. The smallest absolute Gasteiger partial charge is 0.185 e. The second-order valence-electron chi connectivity index (χ2n) is 5.10. The fraction of sp³-hybridized carbons (Fsp3) is 0.750. The molecule has 1 saturated carbocycles. The Morgan fingerprint density at radius 3 is 2.59 bits per heavy atom. The Balaban J connectivity index is 1.61. The lowest BCUT2D eigenvalue weighted by atomic mass is 10.3. The maximum Gasteiger partial charge on any atom is 0.185 e. The molecule has 1 aromatic rings. The van der Waals surface area contributed by atoms with Crippen molar-refractivity contribution in [2.24, 2.45) is 5.73 Å². The summed E-state index contributed by atoms with van der Waals surface area (Å²) in [7, 11) is 0. The Hall–Kier alpha value is -0.650. The zero-order valence-corrected chi connectivity index (χ0v) is 11.1. The largest absolute Gasteiger partial charge is 0.346 e. The monoisotopic (exact) mass is 252 g/mol. The van der Waals surface area contributed by atoms with Crippen LogP contribution in [0.4, 0.5) is 5.13 Å². The average Bonchev–Trinajstić information content (AvgIpc) is 3.06. The molecule has 1 aliphatic carbocycles. The molecule has 5 heteroatoms. The first-order valence-corrected chi connectivity index (χ1v) is 7.32. The van der Waals surface area contributed by atoms with E-state index in [4.69, 9.17) is 5.73 Å². The predicted octanol–water partition coefficient (Wildman–Crippen LogP) is 1.45. The summed E-state index contributed by atoms with van der Waals surface area (Å²) in [6, 6.07) is 0.945. The van der Waals surface area contributed by atoms with Gasteiger partial charge in [0.05, 0.1) is 5.69 Å². The van der Waals surface area contributed by atoms with Gasteiger partial charge >= 0.3 is 0 Å². The minimum Gasteiger partial charge on any atom is -0.346 e. The molecule has 2 fully saturated rings. The average molecular weight is 252 g/mol. The summed E-state index contributed by atoms with van der Waals surface area (Å²) >= 11 is 1.73. The van der Waals surface area contributed by atoms with Crippen LogP contribution in [0.2, 0.25) is 0 Å². The lowest BCUT2D eigenvalue weighted by molar-refractivity contribution is 0.248. The Morgan fingerprint density at radius 1 is 1.35 bits per heavy atom. The number of thiazole rings is 1. The highest BCUT2D eigenvalue weighted by atomic mass is 32.1. The van der Waals surface area contributed by atoms with Gasteiger partial charge in [-0.1, -0.05) is 0 Å². The number of anilines is 1. The maximum atomic E-state index is 5.84. The summed E-state index contributed by atoms with van der Waals surface area (Å²) in [5, 5.41) is 3.24. The molecule has 0 radical (unpaired) electrons. The third kappa shape index (κ3) is 2.46. The van der Waals surface area contributed by atoms with Crippen LogP contribution in [0.25, 0.3) is 0 Å². The fourth-order valence-corrected chi connectivity index (χ4v) is 3.33. The quantitative estimate of drug-likeness (QED) is 0.884. The van der Waals surface area contributed by atoms with Gasteiger partial charge in [0.1, 0.15) is 0 Å². The van der Waals surface area contributed by atoms with Crippen molar-refractivity contribution in [2.45, 2.75) is 31.8 Å². The molecule has 4 nitrogen and oxygen atoms in total. The molecule has 1 aliphatic heterocycles. The van der Waals surface area contributed by atoms with Gasteiger partial charge in [-0.25, -0.2) is 4.98 Å². The van der Waals surface area contributed by atoms with Crippen molar-refractivity contribution < 1.29 is 0 Å². The van der Waals surface area contributed by atoms with Gasteiger partial charge in [0.2, 0.25) is 0 Å². The van der Waals surface area contributed by atoms with Gasteiger partial charge in [-0.2, -0.15) is 0 Å². The van der Waals surface area contributed by atoms with Crippen molar-refractivity contribution in [3.63, 3.8) is 0 Å². The number of rotatable bonds is 3. The number of nitrogens with two attached hydrogens (primary N) is 1. The highest BCUT2D eigenvalue weighted by molar-refractivity contribution is 7.13. The molecule has 1 saturated heterocycles. The van der Waals surface area contributed by atoms with E-state index in [0.29, 0.717) is 0 Å². The van der Waals surface area contributed by atoms with Crippen molar-refractivity contribution in [1.82, 2.24) is 9.88 Å². The van der Waals surface area contributed by atoms with Crippen LogP contribution in [-0.4, -0.2) is 42.1 Å². The first-order valence-electron chi connectivity index (χ1n) is 6.44. The summed E-state index contributed by atoms with van der Waals surface area (Å²) in [6.45, 7) is 6.60. The Kier molecular flexibility index (Phi) is 3.06. The number of hydrogen-bond donors (Lipinski definition) is 1. The van der Waals surface area contributed by atoms with E-state index < -0.39 is 0 Å². The van der Waals surface area contributed by atoms with Gasteiger partial charge in [0, 0.05) is 43.6 Å². The van der Waals surface area contributed by atoms with Crippen LogP contribution in [0.3, 0.4) is 0 Å². The molecule has 0 amide bonds. The molecule has 1 aromatic heterocycles. The van der Waals surface area contributed by atoms with Crippen LogP contribution in [0.15, 0.2) is 5.38 Å². The molecule has 2 N–H and O–H groups in total. The molecular formula is C12H20N4S. The molecule has 3 rings (SSSR count). The van der Waals surface area contributed by atoms with E-state index in [-0.39, 0.29) is 6.04 Å². The minimum atomic E-state index is 0.0488. The topological polar surface area (TPSA) is 45.4 Å². The third-order valence-corrected chi connectivity index (χ3v) is 4.54. The van der Waals surface area contributed by atoms with Gasteiger partial charge in [-0.3, -0.25) is 4.90 Å². The molecule has 94 valence electrons. The van der Waals surface area contributed by atoms with E-state index in [2.05, 4.69) is 20.2 Å². The summed E-state index contributed by atoms with van der Waals surface area (Å²) in [6.07, 6.45) is 2.82. The van der Waals surface area contributed by atoms with Crippen molar-refractivity contribution in [3.05, 3.63) is 11.1 Å². The summed E-state index contributed by atoms with van der Waals surface area (Å²) in [5.41, 5.74) is 6.87. The van der Waals surface area contributed by atoms with Crippen LogP contribution < -0.4 is 10.6 Å². The predicted molar refractivity (Wildman–Crippen MR) is 71.5 cm³/mol. The lowest BCUT2D eigenvalue weighted by Crippen LogP contribution is -2.47. The van der Waals surface area contributed by atoms with Crippen molar-refractivity contribution in [3.8, 4) is 0 Å². The molecule has 2 heterocycles. The summed E-state index contributed by atoms with van der Waals surface area (Å²) in [5.74, 6) is 0. The molecule has 0 aromatic carbocycles. The van der Waals surface area contributed by atoms with E-state index >= 15 is 0 Å². The number of aromatic nitrogens is 1. The van der Waals surface area contributed by atoms with Gasteiger partial charge in [-0.15, -0.1) is 11.3 Å². The maximum absolute atomic E-state index is 5.84. The third-order valence-electron chi connectivity index (χ3n) is 3.62. The normalized spacial score (nSPS) is 24.0. The van der Waals surface area contributed by atoms with E-state index in [9.17, 15) is 0 Å². The second kappa shape index (κ2) is 4.55. The van der Waals surface area contributed by atoms with Crippen LogP contribution in [-0.2, 0) is 0 Å². The van der Waals surface area contributed by atoms with E-state index in [1.807, 2.05) is 6.92 Å². The number of nitrogens with zero attached hydrogens (tertiary/aromatic N) is 3. The number of piperazine rings is 1. The van der Waals surface area contributed by atoms with Gasteiger partial charge in [0.25, 0.3) is 0 Å². The van der Waals surface area contributed by atoms with E-state index in [1.165, 1.54) is 25.9 Å². The fourth-order valence-electron chi connectivity index (χ4n) is 2.35. The second-order valence-corrected chi connectivity index (χ2v) is 5.93. The molecule has 1 unspecified atom stereocenters. The van der Waals surface area contributed by atoms with Crippen molar-refractivity contribution >= 4 is 16.5 Å². The van der Waals surface area contributed by atoms with Gasteiger partial charge < -0.3 is 10.6 Å². The Morgan fingerprint density at radius 2 is 2.06 bits per heavy atom. The minimum absolute atomic E-state index is 0.0488. The molecular weight excluding hydrogens is 232 g/mol. The SMILES string of the molecule is CC(N)c1csc(N2CCN(C3CC3)CC2)n1. The van der Waals surface area contributed by atoms with Gasteiger partial charge in [0.15, 0.2) is 5.13 Å². The molecule has 0 bridgehead atoms. The van der Waals surface area contributed by atoms with Gasteiger partial charge in [-0.05, 0) is 19.8 Å². The lowest BCUT2D eigenvalue weighted by Gasteiger charge is -2.34. The van der Waals surface area contributed by atoms with Crippen LogP contribution >= 0.6 is 11.3 Å². The van der Waals surface area contributed by atoms with E-state index in [0.717, 1.165) is 30.0 Å². The molecule has 17 heavy (non-hydrogen) atoms. The first-order chi connectivity index (χ1) is 8.24. The summed E-state index contributed by atoms with van der Waals surface area (Å²) in [4.78, 5) is 9.64. The zero-order chi connectivity index (χ0) is 11.8. The zero-order valence-electron chi connectivity index (χ0n) is 10.3. The van der Waals surface area contributed by atoms with Crippen LogP contribution in [0.5, 0.6) is 0 Å². The van der Waals surface area contributed by atoms with Crippen molar-refractivity contribution in [2.75, 3.05) is 31.1 Å². The van der Waals surface area contributed by atoms with Crippen LogP contribution in [0.1, 0.15) is 31.5 Å². The first kappa shape index (κ1) is 11.4. The Labute approximate surface area is 106 Å². The van der Waals surface area contributed by atoms with Crippen molar-refractivity contribution in [1.29, 1.82) is 0 Å². The highest BCUT2D eigenvalue weighted by Gasteiger charge is 2.31. The molecule has 2 aliphatic rings. The summed E-state index contributed by atoms with van der Waals surface area (Å²) < 4.78 is 0. The Bertz CT molecular complexity index is 378. The molecule has 1 atom stereocenters. The molecule has 0 spiro atoms. The standard InChI is InChI=1S/C12H20N4S/c1-9(13)11-8-17-12(14-11)16-6-4-15(5-7-16)10-2-3-10/h8-10H,2-7,13H2,1H3. The van der Waals surface area contributed by atoms with E-state index in [1.54, 1.807) is 11.3 Å².